The molecule has 0 spiro atoms. The standard InChI is InChI=1S/C15H24N2O/c1-11-7-15(18-13(11)3)10-17-9-14-5-4-6-16(14)8-12(17)2/h7,12,14H,4-6,8-10H2,1-3H3/t12-,14-/m1/s1. The molecule has 18 heavy (non-hydrogen) atoms. The number of aryl methyl sites for hydroxylation is 2. The molecule has 0 radical (unpaired) electrons. The Balaban J connectivity index is 1.68. The summed E-state index contributed by atoms with van der Waals surface area (Å²) in [5.74, 6) is 2.19. The normalized spacial score (nSPS) is 29.7. The van der Waals surface area contributed by atoms with Gasteiger partial charge in [-0.25, -0.2) is 0 Å². The molecular formula is C15H24N2O. The monoisotopic (exact) mass is 248 g/mol. The zero-order valence-corrected chi connectivity index (χ0v) is 11.8. The van der Waals surface area contributed by atoms with Crippen LogP contribution in [0.2, 0.25) is 0 Å². The molecule has 0 aromatic carbocycles. The van der Waals surface area contributed by atoms with Crippen molar-refractivity contribution in [3.05, 3.63) is 23.2 Å². The molecule has 2 saturated heterocycles. The van der Waals surface area contributed by atoms with Gasteiger partial charge in [-0.15, -0.1) is 0 Å². The second-order valence-electron chi connectivity index (χ2n) is 6.02. The van der Waals surface area contributed by atoms with Crippen molar-refractivity contribution in [1.82, 2.24) is 9.80 Å². The van der Waals surface area contributed by atoms with Crippen molar-refractivity contribution in [3.63, 3.8) is 0 Å². The average molecular weight is 248 g/mol. The molecule has 0 amide bonds. The van der Waals surface area contributed by atoms with Gasteiger partial charge in [-0.1, -0.05) is 0 Å². The first-order chi connectivity index (χ1) is 8.63. The molecule has 100 valence electrons. The van der Waals surface area contributed by atoms with Gasteiger partial charge in [0.15, 0.2) is 0 Å². The van der Waals surface area contributed by atoms with Gasteiger partial charge in [0.1, 0.15) is 11.5 Å². The summed E-state index contributed by atoms with van der Waals surface area (Å²) < 4.78 is 5.82. The van der Waals surface area contributed by atoms with Gasteiger partial charge in [-0.3, -0.25) is 9.80 Å². The van der Waals surface area contributed by atoms with E-state index in [1.54, 1.807) is 0 Å². The maximum absolute atomic E-state index is 5.82. The molecule has 2 aliphatic rings. The highest BCUT2D eigenvalue weighted by Gasteiger charge is 2.34. The average Bonchev–Trinajstić information content (AvgIpc) is 2.87. The summed E-state index contributed by atoms with van der Waals surface area (Å²) >= 11 is 0. The Morgan fingerprint density at radius 2 is 2.17 bits per heavy atom. The Morgan fingerprint density at radius 1 is 1.33 bits per heavy atom. The van der Waals surface area contributed by atoms with E-state index in [0.717, 1.165) is 24.1 Å². The highest BCUT2D eigenvalue weighted by molar-refractivity contribution is 5.18. The number of piperazine rings is 1. The van der Waals surface area contributed by atoms with Crippen LogP contribution >= 0.6 is 0 Å². The summed E-state index contributed by atoms with van der Waals surface area (Å²) in [4.78, 5) is 5.25. The molecule has 3 heterocycles. The minimum absolute atomic E-state index is 0.644. The van der Waals surface area contributed by atoms with Crippen LogP contribution in [0.15, 0.2) is 10.5 Å². The molecule has 0 bridgehead atoms. The van der Waals surface area contributed by atoms with Gasteiger partial charge in [-0.2, -0.15) is 0 Å². The fourth-order valence-electron chi connectivity index (χ4n) is 3.40. The molecule has 0 N–H and O–H groups in total. The van der Waals surface area contributed by atoms with Crippen molar-refractivity contribution < 1.29 is 4.42 Å². The van der Waals surface area contributed by atoms with Gasteiger partial charge >= 0.3 is 0 Å². The van der Waals surface area contributed by atoms with Crippen LogP contribution in [0.4, 0.5) is 0 Å². The van der Waals surface area contributed by atoms with Crippen molar-refractivity contribution in [2.75, 3.05) is 19.6 Å². The first-order valence-corrected chi connectivity index (χ1v) is 7.17. The van der Waals surface area contributed by atoms with Crippen molar-refractivity contribution in [3.8, 4) is 0 Å². The summed E-state index contributed by atoms with van der Waals surface area (Å²) in [5, 5.41) is 0. The molecule has 2 atom stereocenters. The van der Waals surface area contributed by atoms with Crippen molar-refractivity contribution in [1.29, 1.82) is 0 Å². The van der Waals surface area contributed by atoms with Crippen LogP contribution in [0.3, 0.4) is 0 Å². The molecule has 0 unspecified atom stereocenters. The van der Waals surface area contributed by atoms with E-state index >= 15 is 0 Å². The third-order valence-electron chi connectivity index (χ3n) is 4.64. The van der Waals surface area contributed by atoms with Crippen LogP contribution in [0.1, 0.15) is 36.8 Å². The maximum atomic E-state index is 5.82. The molecule has 0 saturated carbocycles. The molecule has 1 aromatic heterocycles. The van der Waals surface area contributed by atoms with Gasteiger partial charge in [0, 0.05) is 25.2 Å². The lowest BCUT2D eigenvalue weighted by Gasteiger charge is -2.41. The number of hydrogen-bond donors (Lipinski definition) is 0. The number of nitrogens with zero attached hydrogens (tertiary/aromatic N) is 2. The first-order valence-electron chi connectivity index (χ1n) is 7.17. The number of furan rings is 1. The largest absolute Gasteiger partial charge is 0.465 e. The van der Waals surface area contributed by atoms with E-state index in [1.165, 1.54) is 38.0 Å². The van der Waals surface area contributed by atoms with Crippen LogP contribution in [0, 0.1) is 13.8 Å². The lowest BCUT2D eigenvalue weighted by atomic mass is 10.1. The first kappa shape index (κ1) is 12.2. The third kappa shape index (κ3) is 2.21. The van der Waals surface area contributed by atoms with Gasteiger partial charge in [-0.05, 0) is 51.8 Å². The summed E-state index contributed by atoms with van der Waals surface area (Å²) in [6.45, 7) is 11.2. The topological polar surface area (TPSA) is 19.6 Å². The molecule has 3 nitrogen and oxygen atoms in total. The van der Waals surface area contributed by atoms with Gasteiger partial charge in [0.25, 0.3) is 0 Å². The summed E-state index contributed by atoms with van der Waals surface area (Å²) in [7, 11) is 0. The highest BCUT2D eigenvalue weighted by atomic mass is 16.3. The molecule has 3 rings (SSSR count). The third-order valence-corrected chi connectivity index (χ3v) is 4.64. The Kier molecular flexibility index (Phi) is 3.20. The fourth-order valence-corrected chi connectivity index (χ4v) is 3.40. The van der Waals surface area contributed by atoms with Crippen LogP contribution < -0.4 is 0 Å². The lowest BCUT2D eigenvalue weighted by Crippen LogP contribution is -2.54. The van der Waals surface area contributed by atoms with E-state index in [-0.39, 0.29) is 0 Å². The molecule has 2 fully saturated rings. The minimum atomic E-state index is 0.644. The van der Waals surface area contributed by atoms with E-state index in [1.807, 2.05) is 0 Å². The van der Waals surface area contributed by atoms with Crippen molar-refractivity contribution >= 4 is 0 Å². The van der Waals surface area contributed by atoms with E-state index in [4.69, 9.17) is 4.42 Å². The van der Waals surface area contributed by atoms with Crippen LogP contribution in [-0.4, -0.2) is 41.5 Å². The summed E-state index contributed by atoms with van der Waals surface area (Å²) in [6.07, 6.45) is 2.75. The van der Waals surface area contributed by atoms with E-state index in [2.05, 4.69) is 36.6 Å². The van der Waals surface area contributed by atoms with Crippen LogP contribution in [0.5, 0.6) is 0 Å². The second kappa shape index (κ2) is 4.71. The second-order valence-corrected chi connectivity index (χ2v) is 6.02. The van der Waals surface area contributed by atoms with Crippen molar-refractivity contribution in [2.45, 2.75) is 52.2 Å². The van der Waals surface area contributed by atoms with E-state index < -0.39 is 0 Å². The zero-order chi connectivity index (χ0) is 12.7. The van der Waals surface area contributed by atoms with Crippen LogP contribution in [0.25, 0.3) is 0 Å². The Morgan fingerprint density at radius 3 is 2.89 bits per heavy atom. The molecule has 3 heteroatoms. The van der Waals surface area contributed by atoms with E-state index in [0.29, 0.717) is 6.04 Å². The molecule has 0 aliphatic carbocycles. The predicted molar refractivity (Wildman–Crippen MR) is 72.6 cm³/mol. The minimum Gasteiger partial charge on any atom is -0.465 e. The predicted octanol–water partition coefficient (Wildman–Crippen LogP) is 2.56. The zero-order valence-electron chi connectivity index (χ0n) is 11.8. The fraction of sp³-hybridized carbons (Fsp3) is 0.733. The highest BCUT2D eigenvalue weighted by Crippen LogP contribution is 2.26. The van der Waals surface area contributed by atoms with Gasteiger partial charge < -0.3 is 4.42 Å². The quantitative estimate of drug-likeness (QED) is 0.802. The number of hydrogen-bond acceptors (Lipinski definition) is 3. The van der Waals surface area contributed by atoms with Crippen molar-refractivity contribution in [2.24, 2.45) is 0 Å². The smallest absolute Gasteiger partial charge is 0.118 e. The van der Waals surface area contributed by atoms with Gasteiger partial charge in [0.05, 0.1) is 6.54 Å². The van der Waals surface area contributed by atoms with E-state index in [9.17, 15) is 0 Å². The number of fused-ring (bicyclic) bond motifs is 1. The van der Waals surface area contributed by atoms with Gasteiger partial charge in [0.2, 0.25) is 0 Å². The van der Waals surface area contributed by atoms with Crippen LogP contribution in [-0.2, 0) is 6.54 Å². The maximum Gasteiger partial charge on any atom is 0.118 e. The lowest BCUT2D eigenvalue weighted by molar-refractivity contribution is 0.0492. The summed E-state index contributed by atoms with van der Waals surface area (Å²) in [6, 6.07) is 3.63. The molecular weight excluding hydrogens is 224 g/mol. The molecule has 1 aromatic rings. The Hall–Kier alpha value is -0.800. The number of rotatable bonds is 2. The Labute approximate surface area is 110 Å². The molecule has 2 aliphatic heterocycles. The SMILES string of the molecule is Cc1cc(CN2C[C@H]3CCCN3C[C@H]2C)oc1C. The summed E-state index contributed by atoms with van der Waals surface area (Å²) in [5.41, 5.74) is 1.28. The Bertz CT molecular complexity index is 407.